The van der Waals surface area contributed by atoms with Gasteiger partial charge in [-0.2, -0.15) is 5.26 Å². The Kier molecular flexibility index (Phi) is 5.32. The molecule has 0 N–H and O–H groups in total. The molecule has 0 bridgehead atoms. The van der Waals surface area contributed by atoms with Gasteiger partial charge in [-0.15, -0.1) is 0 Å². The van der Waals surface area contributed by atoms with Crippen molar-refractivity contribution in [2.45, 2.75) is 0 Å². The van der Waals surface area contributed by atoms with E-state index in [2.05, 4.69) is 143 Å². The Hall–Kier alpha value is -6.57. The largest absolute Gasteiger partial charge is 0.456 e. The van der Waals surface area contributed by atoms with Crippen molar-refractivity contribution in [3.63, 3.8) is 0 Å². The molecule has 0 fully saturated rings. The maximum atomic E-state index is 9.97. The highest BCUT2D eigenvalue weighted by molar-refractivity contribution is 6.27. The van der Waals surface area contributed by atoms with E-state index in [-0.39, 0.29) is 0 Å². The van der Waals surface area contributed by atoms with E-state index in [0.717, 1.165) is 60.9 Å². The van der Waals surface area contributed by atoms with E-state index in [9.17, 15) is 5.26 Å². The first-order valence-corrected chi connectivity index (χ1v) is 15.8. The first kappa shape index (κ1) is 25.7. The van der Waals surface area contributed by atoms with Gasteiger partial charge in [0, 0.05) is 43.6 Å². The maximum absolute atomic E-state index is 9.97. The molecule has 10 rings (SSSR count). The highest BCUT2D eigenvalue weighted by Crippen LogP contribution is 2.43. The van der Waals surface area contributed by atoms with Crippen LogP contribution in [0.15, 0.2) is 156 Å². The monoisotopic (exact) mass is 599 g/mol. The average molecular weight is 600 g/mol. The lowest BCUT2D eigenvalue weighted by atomic mass is 10.00. The average Bonchev–Trinajstić information content (AvgIpc) is 3.79. The summed E-state index contributed by atoms with van der Waals surface area (Å²) in [5.41, 5.74) is 11.1. The van der Waals surface area contributed by atoms with Crippen LogP contribution in [0.2, 0.25) is 0 Å². The molecule has 0 unspecified atom stereocenters. The summed E-state index contributed by atoms with van der Waals surface area (Å²) in [6.45, 7) is 0. The number of nitrogens with zero attached hydrogens (tertiary/aromatic N) is 3. The Labute approximate surface area is 269 Å². The second-order valence-electron chi connectivity index (χ2n) is 12.0. The number of benzene rings is 7. The molecule has 0 aliphatic heterocycles. The first-order valence-electron chi connectivity index (χ1n) is 15.8. The molecule has 0 saturated carbocycles. The molecule has 4 heteroatoms. The minimum atomic E-state index is 0.624. The molecule has 0 amide bonds. The molecule has 4 nitrogen and oxygen atoms in total. The van der Waals surface area contributed by atoms with Crippen molar-refractivity contribution in [3.05, 3.63) is 157 Å². The molecule has 10 aromatic rings. The van der Waals surface area contributed by atoms with Crippen LogP contribution < -0.4 is 0 Å². The van der Waals surface area contributed by atoms with E-state index in [1.165, 1.54) is 27.2 Å². The summed E-state index contributed by atoms with van der Waals surface area (Å²) in [6.07, 6.45) is 0. The summed E-state index contributed by atoms with van der Waals surface area (Å²) < 4.78 is 11.0. The van der Waals surface area contributed by atoms with Crippen LogP contribution in [-0.4, -0.2) is 9.13 Å². The molecule has 0 spiro atoms. The Bertz CT molecular complexity index is 2860. The second kappa shape index (κ2) is 9.71. The van der Waals surface area contributed by atoms with E-state index in [4.69, 9.17) is 4.42 Å². The van der Waals surface area contributed by atoms with E-state index in [0.29, 0.717) is 5.56 Å². The Morgan fingerprint density at radius 3 is 1.79 bits per heavy atom. The van der Waals surface area contributed by atoms with Crippen LogP contribution in [0.25, 0.3) is 88.1 Å². The van der Waals surface area contributed by atoms with Gasteiger partial charge in [-0.1, -0.05) is 84.9 Å². The van der Waals surface area contributed by atoms with Crippen molar-refractivity contribution in [2.75, 3.05) is 0 Å². The number of hydrogen-bond acceptors (Lipinski definition) is 2. The lowest BCUT2D eigenvalue weighted by Crippen LogP contribution is -1.99. The summed E-state index contributed by atoms with van der Waals surface area (Å²) in [5, 5.41) is 17.0. The van der Waals surface area contributed by atoms with Crippen molar-refractivity contribution in [3.8, 4) is 28.6 Å². The van der Waals surface area contributed by atoms with Crippen molar-refractivity contribution in [1.29, 1.82) is 5.26 Å². The summed E-state index contributed by atoms with van der Waals surface area (Å²) in [5.74, 6) is 0. The molecule has 0 atom stereocenters. The predicted octanol–water partition coefficient (Wildman–Crippen LogP) is 11.3. The van der Waals surface area contributed by atoms with Crippen molar-refractivity contribution in [1.82, 2.24) is 9.13 Å². The molecule has 0 aliphatic rings. The zero-order chi connectivity index (χ0) is 31.1. The molecule has 7 aromatic carbocycles. The molecular weight excluding hydrogens is 574 g/mol. The number of para-hydroxylation sites is 4. The van der Waals surface area contributed by atoms with Gasteiger partial charge in [-0.05, 0) is 72.3 Å². The van der Waals surface area contributed by atoms with Gasteiger partial charge >= 0.3 is 0 Å². The minimum absolute atomic E-state index is 0.624. The van der Waals surface area contributed by atoms with E-state index >= 15 is 0 Å². The molecule has 0 saturated heterocycles. The smallest absolute Gasteiger partial charge is 0.136 e. The summed E-state index contributed by atoms with van der Waals surface area (Å²) in [4.78, 5) is 0. The van der Waals surface area contributed by atoms with E-state index in [1.807, 2.05) is 24.3 Å². The number of nitriles is 1. The normalized spacial score (nSPS) is 11.8. The SMILES string of the molecule is N#Cc1ccc(-n2c3ccccc3c3c4c(ccc32)oc2ccccc24)c(-c2ccc(-n3c4ccccc4c4ccccc43)cc2)c1. The summed E-state index contributed by atoms with van der Waals surface area (Å²) in [7, 11) is 0. The fourth-order valence-corrected chi connectivity index (χ4v) is 7.56. The fourth-order valence-electron chi connectivity index (χ4n) is 7.56. The van der Waals surface area contributed by atoms with Crippen LogP contribution >= 0.6 is 0 Å². The van der Waals surface area contributed by atoms with Gasteiger partial charge in [-0.25, -0.2) is 0 Å². The van der Waals surface area contributed by atoms with Crippen LogP contribution in [0, 0.1) is 11.3 Å². The third kappa shape index (κ3) is 3.63. The maximum Gasteiger partial charge on any atom is 0.136 e. The van der Waals surface area contributed by atoms with Gasteiger partial charge in [0.2, 0.25) is 0 Å². The molecular formula is C43H25N3O. The van der Waals surface area contributed by atoms with Crippen LogP contribution in [0.4, 0.5) is 0 Å². The highest BCUT2D eigenvalue weighted by atomic mass is 16.3. The molecule has 47 heavy (non-hydrogen) atoms. The third-order valence-corrected chi connectivity index (χ3v) is 9.56. The van der Waals surface area contributed by atoms with Gasteiger partial charge in [0.1, 0.15) is 11.2 Å². The molecule has 3 heterocycles. The van der Waals surface area contributed by atoms with Gasteiger partial charge < -0.3 is 13.6 Å². The minimum Gasteiger partial charge on any atom is -0.456 e. The molecule has 0 aliphatic carbocycles. The number of aromatic nitrogens is 2. The van der Waals surface area contributed by atoms with Gasteiger partial charge in [0.15, 0.2) is 0 Å². The van der Waals surface area contributed by atoms with Crippen molar-refractivity contribution in [2.24, 2.45) is 0 Å². The Balaban J connectivity index is 1.22. The fraction of sp³-hybridized carbons (Fsp3) is 0. The predicted molar refractivity (Wildman–Crippen MR) is 193 cm³/mol. The first-order chi connectivity index (χ1) is 23.3. The second-order valence-corrected chi connectivity index (χ2v) is 12.0. The van der Waals surface area contributed by atoms with Gasteiger partial charge in [-0.3, -0.25) is 0 Å². The summed E-state index contributed by atoms with van der Waals surface area (Å²) >= 11 is 0. The standard InChI is InChI=1S/C43H25N3O/c44-26-27-17-22-38(46-37-15-7-3-11-32(37)42-39(46)23-24-41-43(42)33-12-4-8-16-40(33)47-41)34(25-27)28-18-20-29(21-19-28)45-35-13-5-1-9-30(35)31-10-2-6-14-36(31)45/h1-25H. The van der Waals surface area contributed by atoms with Crippen LogP contribution in [0.5, 0.6) is 0 Å². The number of fused-ring (bicyclic) bond motifs is 10. The van der Waals surface area contributed by atoms with Gasteiger partial charge in [0.05, 0.1) is 39.4 Å². The van der Waals surface area contributed by atoms with E-state index < -0.39 is 0 Å². The molecule has 0 radical (unpaired) electrons. The highest BCUT2D eigenvalue weighted by Gasteiger charge is 2.21. The lowest BCUT2D eigenvalue weighted by Gasteiger charge is -2.15. The van der Waals surface area contributed by atoms with E-state index in [1.54, 1.807) is 0 Å². The lowest BCUT2D eigenvalue weighted by molar-refractivity contribution is 0.669. The zero-order valence-corrected chi connectivity index (χ0v) is 25.2. The summed E-state index contributed by atoms with van der Waals surface area (Å²) in [6, 6.07) is 55.3. The quantitative estimate of drug-likeness (QED) is 0.203. The van der Waals surface area contributed by atoms with Crippen molar-refractivity contribution >= 4 is 65.6 Å². The topological polar surface area (TPSA) is 46.8 Å². The van der Waals surface area contributed by atoms with Gasteiger partial charge in [0.25, 0.3) is 0 Å². The number of rotatable bonds is 3. The van der Waals surface area contributed by atoms with Crippen LogP contribution in [0.1, 0.15) is 5.56 Å². The number of furan rings is 1. The molecule has 3 aromatic heterocycles. The zero-order valence-electron chi connectivity index (χ0n) is 25.2. The Morgan fingerprint density at radius 2 is 1.09 bits per heavy atom. The molecule has 218 valence electrons. The third-order valence-electron chi connectivity index (χ3n) is 9.56. The number of hydrogen-bond donors (Lipinski definition) is 0. The van der Waals surface area contributed by atoms with Crippen molar-refractivity contribution < 1.29 is 4.42 Å². The van der Waals surface area contributed by atoms with Crippen LogP contribution in [0.3, 0.4) is 0 Å². The van der Waals surface area contributed by atoms with Crippen LogP contribution in [-0.2, 0) is 0 Å². The Morgan fingerprint density at radius 1 is 0.468 bits per heavy atom.